The van der Waals surface area contributed by atoms with Crippen molar-refractivity contribution in [3.05, 3.63) is 50.4 Å². The zero-order valence-electron chi connectivity index (χ0n) is 13.2. The number of benzene rings is 1. The number of nitro benzene ring substituents is 1. The Bertz CT molecular complexity index is 785. The first-order valence-electron chi connectivity index (χ1n) is 8.05. The molecule has 0 spiro atoms. The predicted octanol–water partition coefficient (Wildman–Crippen LogP) is 3.23. The van der Waals surface area contributed by atoms with Gasteiger partial charge in [0.15, 0.2) is 0 Å². The summed E-state index contributed by atoms with van der Waals surface area (Å²) in [5.74, 6) is 1.02. The van der Waals surface area contributed by atoms with E-state index >= 15 is 0 Å². The van der Waals surface area contributed by atoms with Gasteiger partial charge in [-0.25, -0.2) is 0 Å². The minimum absolute atomic E-state index is 0.00425. The molecule has 1 N–H and O–H groups in total. The quantitative estimate of drug-likeness (QED) is 0.660. The fraction of sp³-hybridized carbons (Fsp3) is 0.412. The molecule has 2 heterocycles. The van der Waals surface area contributed by atoms with Crippen molar-refractivity contribution in [1.82, 2.24) is 5.32 Å². The molecule has 4 rings (SSSR count). The summed E-state index contributed by atoms with van der Waals surface area (Å²) >= 11 is 1.72. The Morgan fingerprint density at radius 2 is 2.08 bits per heavy atom. The van der Waals surface area contributed by atoms with Crippen molar-refractivity contribution in [2.75, 3.05) is 0 Å². The molecule has 2 aliphatic heterocycles. The molecule has 1 aliphatic carbocycles. The van der Waals surface area contributed by atoms with Crippen molar-refractivity contribution in [2.24, 2.45) is 16.8 Å². The standard InChI is InChI=1S/C17H17N3O3S/c1-9-2-7-12-13(8-9)24-17-14(12)16(21)18-15(19-17)10-3-5-11(6-4-10)20(22)23/h3-6,9,14,17H,2,7-8H2,1H3,(H,18,19,21)/t9-,14-,17-/m0/s1. The highest BCUT2D eigenvalue weighted by molar-refractivity contribution is 8.04. The minimum atomic E-state index is -0.437. The van der Waals surface area contributed by atoms with E-state index < -0.39 is 4.92 Å². The highest BCUT2D eigenvalue weighted by Crippen LogP contribution is 2.51. The second-order valence-corrected chi connectivity index (χ2v) is 7.76. The van der Waals surface area contributed by atoms with Crippen LogP contribution in [0.25, 0.3) is 0 Å². The summed E-state index contributed by atoms with van der Waals surface area (Å²) in [6, 6.07) is 6.13. The lowest BCUT2D eigenvalue weighted by molar-refractivity contribution is -0.384. The van der Waals surface area contributed by atoms with E-state index in [-0.39, 0.29) is 22.9 Å². The van der Waals surface area contributed by atoms with E-state index in [1.807, 2.05) is 0 Å². The van der Waals surface area contributed by atoms with Gasteiger partial charge < -0.3 is 5.32 Å². The van der Waals surface area contributed by atoms with Crippen LogP contribution in [0.3, 0.4) is 0 Å². The third-order valence-corrected chi connectivity index (χ3v) is 6.19. The molecule has 7 heteroatoms. The van der Waals surface area contributed by atoms with Crippen LogP contribution in [0.2, 0.25) is 0 Å². The zero-order chi connectivity index (χ0) is 16.8. The number of carbonyl (C=O) groups is 1. The van der Waals surface area contributed by atoms with Crippen molar-refractivity contribution in [1.29, 1.82) is 0 Å². The monoisotopic (exact) mass is 343 g/mol. The summed E-state index contributed by atoms with van der Waals surface area (Å²) in [7, 11) is 0. The molecule has 1 amide bonds. The van der Waals surface area contributed by atoms with Crippen molar-refractivity contribution in [2.45, 2.75) is 31.6 Å². The van der Waals surface area contributed by atoms with Gasteiger partial charge in [0, 0.05) is 17.7 Å². The Hall–Kier alpha value is -2.15. The molecule has 0 aromatic heterocycles. The van der Waals surface area contributed by atoms with Crippen LogP contribution in [0.5, 0.6) is 0 Å². The minimum Gasteiger partial charge on any atom is -0.310 e. The molecule has 3 aliphatic rings. The summed E-state index contributed by atoms with van der Waals surface area (Å²) in [6.45, 7) is 2.25. The van der Waals surface area contributed by atoms with Gasteiger partial charge in [-0.15, -0.1) is 11.8 Å². The van der Waals surface area contributed by atoms with Crippen molar-refractivity contribution in [3.63, 3.8) is 0 Å². The highest BCUT2D eigenvalue weighted by atomic mass is 32.2. The second-order valence-electron chi connectivity index (χ2n) is 6.55. The van der Waals surface area contributed by atoms with Gasteiger partial charge in [0.1, 0.15) is 11.2 Å². The van der Waals surface area contributed by atoms with Crippen molar-refractivity contribution >= 4 is 29.2 Å². The Morgan fingerprint density at radius 1 is 1.33 bits per heavy atom. The summed E-state index contributed by atoms with van der Waals surface area (Å²) in [5, 5.41) is 13.6. The van der Waals surface area contributed by atoms with Crippen LogP contribution in [0, 0.1) is 22.0 Å². The molecule has 124 valence electrons. The summed E-state index contributed by atoms with van der Waals surface area (Å²) < 4.78 is 0. The maximum Gasteiger partial charge on any atom is 0.269 e. The number of nitro groups is 1. The van der Waals surface area contributed by atoms with E-state index in [1.165, 1.54) is 22.6 Å². The Balaban J connectivity index is 1.62. The average Bonchev–Trinajstić information content (AvgIpc) is 2.92. The number of non-ortho nitro benzene ring substituents is 1. The number of fused-ring (bicyclic) bond motifs is 2. The molecule has 0 bridgehead atoms. The van der Waals surface area contributed by atoms with Crippen LogP contribution in [0.1, 0.15) is 31.7 Å². The maximum absolute atomic E-state index is 12.6. The Kier molecular flexibility index (Phi) is 3.68. The molecular formula is C17H17N3O3S. The van der Waals surface area contributed by atoms with Crippen LogP contribution in [-0.4, -0.2) is 22.0 Å². The second kappa shape index (κ2) is 5.73. The van der Waals surface area contributed by atoms with E-state index in [1.54, 1.807) is 23.9 Å². The average molecular weight is 343 g/mol. The number of hydrogen-bond donors (Lipinski definition) is 1. The molecule has 24 heavy (non-hydrogen) atoms. The zero-order valence-corrected chi connectivity index (χ0v) is 14.0. The molecule has 0 radical (unpaired) electrons. The lowest BCUT2D eigenvalue weighted by atomic mass is 9.84. The molecule has 6 nitrogen and oxygen atoms in total. The van der Waals surface area contributed by atoms with Crippen LogP contribution in [-0.2, 0) is 4.79 Å². The van der Waals surface area contributed by atoms with E-state index in [9.17, 15) is 14.9 Å². The third-order valence-electron chi connectivity index (χ3n) is 4.85. The predicted molar refractivity (Wildman–Crippen MR) is 92.7 cm³/mol. The van der Waals surface area contributed by atoms with E-state index in [0.717, 1.165) is 19.3 Å². The lowest BCUT2D eigenvalue weighted by Gasteiger charge is -2.26. The first-order valence-corrected chi connectivity index (χ1v) is 8.93. The summed E-state index contributed by atoms with van der Waals surface area (Å²) in [4.78, 5) is 29.0. The number of aliphatic imine (C=N–C) groups is 1. The molecule has 0 unspecified atom stereocenters. The van der Waals surface area contributed by atoms with Gasteiger partial charge in [-0.3, -0.25) is 19.9 Å². The van der Waals surface area contributed by atoms with Crippen molar-refractivity contribution in [3.8, 4) is 0 Å². The SMILES string of the molecule is C[C@H]1CCC2=C(C1)S[C@@H]1N=C(c3ccc([N+](=O)[O-])cc3)NC(=O)[C@H]21. The number of amides is 1. The van der Waals surface area contributed by atoms with Gasteiger partial charge in [0.2, 0.25) is 5.91 Å². The number of allylic oxidation sites excluding steroid dienone is 1. The fourth-order valence-electron chi connectivity index (χ4n) is 3.56. The topological polar surface area (TPSA) is 84.6 Å². The van der Waals surface area contributed by atoms with Crippen molar-refractivity contribution < 1.29 is 9.72 Å². The Morgan fingerprint density at radius 3 is 2.79 bits per heavy atom. The van der Waals surface area contributed by atoms with E-state index in [2.05, 4.69) is 12.2 Å². The number of amidine groups is 1. The number of nitrogens with zero attached hydrogens (tertiary/aromatic N) is 2. The van der Waals surface area contributed by atoms with Crippen LogP contribution >= 0.6 is 11.8 Å². The molecule has 0 saturated heterocycles. The smallest absolute Gasteiger partial charge is 0.269 e. The van der Waals surface area contributed by atoms with Crippen LogP contribution in [0.15, 0.2) is 39.7 Å². The summed E-state index contributed by atoms with van der Waals surface area (Å²) in [5.41, 5.74) is 2.00. The van der Waals surface area contributed by atoms with Gasteiger partial charge in [-0.2, -0.15) is 0 Å². The molecule has 0 saturated carbocycles. The molecular weight excluding hydrogens is 326 g/mol. The molecule has 3 atom stereocenters. The molecule has 1 aromatic rings. The van der Waals surface area contributed by atoms with Gasteiger partial charge >= 0.3 is 0 Å². The number of carbonyl (C=O) groups excluding carboxylic acids is 1. The lowest BCUT2D eigenvalue weighted by Crippen LogP contribution is -2.44. The van der Waals surface area contributed by atoms with E-state index in [0.29, 0.717) is 17.3 Å². The van der Waals surface area contributed by atoms with Crippen LogP contribution in [0.4, 0.5) is 5.69 Å². The normalized spacial score (nSPS) is 28.8. The molecule has 0 fully saturated rings. The van der Waals surface area contributed by atoms with Gasteiger partial charge in [0.25, 0.3) is 5.69 Å². The number of hydrogen-bond acceptors (Lipinski definition) is 5. The number of thioether (sulfide) groups is 1. The first kappa shape index (κ1) is 15.4. The fourth-order valence-corrected chi connectivity index (χ4v) is 5.19. The number of rotatable bonds is 2. The number of nitrogens with one attached hydrogen (secondary N) is 1. The Labute approximate surface area is 143 Å². The molecule has 1 aromatic carbocycles. The third kappa shape index (κ3) is 2.53. The largest absolute Gasteiger partial charge is 0.310 e. The van der Waals surface area contributed by atoms with Crippen LogP contribution < -0.4 is 5.32 Å². The van der Waals surface area contributed by atoms with Gasteiger partial charge in [-0.05, 0) is 47.8 Å². The van der Waals surface area contributed by atoms with Gasteiger partial charge in [0.05, 0.1) is 10.8 Å². The maximum atomic E-state index is 12.6. The van der Waals surface area contributed by atoms with E-state index in [4.69, 9.17) is 4.99 Å². The van der Waals surface area contributed by atoms with Gasteiger partial charge in [-0.1, -0.05) is 6.92 Å². The summed E-state index contributed by atoms with van der Waals surface area (Å²) in [6.07, 6.45) is 3.16. The first-order chi connectivity index (χ1) is 11.5. The highest BCUT2D eigenvalue weighted by Gasteiger charge is 2.44.